The molecule has 2 aliphatic rings. The predicted molar refractivity (Wildman–Crippen MR) is 60.9 cm³/mol. The number of morpholine rings is 1. The van der Waals surface area contributed by atoms with Gasteiger partial charge in [0.05, 0.1) is 6.04 Å². The van der Waals surface area contributed by atoms with Gasteiger partial charge in [0.2, 0.25) is 5.91 Å². The van der Waals surface area contributed by atoms with Crippen LogP contribution in [0.25, 0.3) is 0 Å². The highest BCUT2D eigenvalue weighted by atomic mass is 79.9. The number of pyridine rings is 1. The summed E-state index contributed by atoms with van der Waals surface area (Å²) in [5, 5.41) is 2.97. The van der Waals surface area contributed by atoms with Crippen LogP contribution >= 0.6 is 15.9 Å². The summed E-state index contributed by atoms with van der Waals surface area (Å²) in [6.07, 6.45) is 3.57. The number of halogens is 1. The van der Waals surface area contributed by atoms with E-state index in [1.165, 1.54) is 0 Å². The number of nitrogens with one attached hydrogen (secondary N) is 1. The van der Waals surface area contributed by atoms with Crippen LogP contribution in [-0.4, -0.2) is 23.5 Å². The Hall–Kier alpha value is -0.940. The number of fused-ring (bicyclic) bond motifs is 3. The van der Waals surface area contributed by atoms with Gasteiger partial charge < -0.3 is 10.1 Å². The molecule has 3 rings (SSSR count). The van der Waals surface area contributed by atoms with Gasteiger partial charge in [-0.2, -0.15) is 0 Å². The van der Waals surface area contributed by atoms with E-state index in [1.807, 2.05) is 6.07 Å². The summed E-state index contributed by atoms with van der Waals surface area (Å²) < 4.78 is 6.55. The highest BCUT2D eigenvalue weighted by molar-refractivity contribution is 9.10. The van der Waals surface area contributed by atoms with Crippen molar-refractivity contribution < 1.29 is 9.53 Å². The van der Waals surface area contributed by atoms with Crippen LogP contribution in [0, 0.1) is 0 Å². The number of carbonyl (C=O) groups excluding carboxylic acids is 1. The molecule has 0 saturated carbocycles. The molecule has 0 spiro atoms. The second-order valence-electron chi connectivity index (χ2n) is 4.13. The molecule has 1 aliphatic heterocycles. The van der Waals surface area contributed by atoms with E-state index in [0.29, 0.717) is 0 Å². The molecule has 1 aromatic heterocycles. The summed E-state index contributed by atoms with van der Waals surface area (Å²) in [6.45, 7) is 0.146. The van der Waals surface area contributed by atoms with Gasteiger partial charge in [-0.05, 0) is 34.8 Å². The molecule has 1 saturated heterocycles. The maximum Gasteiger partial charge on any atom is 0.246 e. The first-order valence-electron chi connectivity index (χ1n) is 5.29. The Kier molecular flexibility index (Phi) is 2.44. The van der Waals surface area contributed by atoms with Gasteiger partial charge in [-0.15, -0.1) is 0 Å². The molecular weight excluding hydrogens is 272 g/mol. The Morgan fingerprint density at radius 1 is 1.56 bits per heavy atom. The molecule has 0 bridgehead atoms. The minimum atomic E-state index is -0.0357. The lowest BCUT2D eigenvalue weighted by atomic mass is 9.88. The molecular formula is C11H11BrN2O2. The van der Waals surface area contributed by atoms with E-state index in [0.717, 1.165) is 28.6 Å². The average Bonchev–Trinajstić information content (AvgIpc) is 2.28. The highest BCUT2D eigenvalue weighted by Crippen LogP contribution is 2.34. The van der Waals surface area contributed by atoms with E-state index in [2.05, 4.69) is 26.2 Å². The quantitative estimate of drug-likeness (QED) is 0.782. The number of rotatable bonds is 0. The van der Waals surface area contributed by atoms with Crippen molar-refractivity contribution in [3.05, 3.63) is 28.0 Å². The van der Waals surface area contributed by atoms with E-state index < -0.39 is 0 Å². The zero-order valence-electron chi connectivity index (χ0n) is 8.57. The van der Waals surface area contributed by atoms with Gasteiger partial charge in [0.25, 0.3) is 0 Å². The number of aromatic nitrogens is 1. The number of hydrogen-bond acceptors (Lipinski definition) is 3. The lowest BCUT2D eigenvalue weighted by Crippen LogP contribution is -2.49. The number of aryl methyl sites for hydroxylation is 1. The molecule has 0 radical (unpaired) electrons. The Bertz CT molecular complexity index is 450. The van der Waals surface area contributed by atoms with Gasteiger partial charge in [-0.3, -0.25) is 9.78 Å². The number of hydrogen-bond donors (Lipinski definition) is 1. The lowest BCUT2D eigenvalue weighted by molar-refractivity contribution is -0.138. The number of amides is 1. The normalized spacial score (nSPS) is 27.9. The highest BCUT2D eigenvalue weighted by Gasteiger charge is 2.35. The zero-order chi connectivity index (χ0) is 11.1. The van der Waals surface area contributed by atoms with Gasteiger partial charge >= 0.3 is 0 Å². The van der Waals surface area contributed by atoms with Gasteiger partial charge in [-0.1, -0.05) is 0 Å². The summed E-state index contributed by atoms with van der Waals surface area (Å²) >= 11 is 3.41. The summed E-state index contributed by atoms with van der Waals surface area (Å²) in [5.74, 6) is -0.0207. The molecule has 1 fully saturated rings. The average molecular weight is 283 g/mol. The molecule has 0 aromatic carbocycles. The lowest BCUT2D eigenvalue weighted by Gasteiger charge is -2.36. The van der Waals surface area contributed by atoms with Crippen LogP contribution < -0.4 is 5.32 Å². The van der Waals surface area contributed by atoms with Crippen LogP contribution in [0.5, 0.6) is 0 Å². The third-order valence-electron chi connectivity index (χ3n) is 3.07. The maximum absolute atomic E-state index is 11.2. The molecule has 0 unspecified atom stereocenters. The number of carbonyl (C=O) groups is 1. The van der Waals surface area contributed by atoms with Crippen molar-refractivity contribution in [1.29, 1.82) is 0 Å². The minimum Gasteiger partial charge on any atom is -0.361 e. The molecule has 1 amide bonds. The van der Waals surface area contributed by atoms with Crippen molar-refractivity contribution >= 4 is 21.8 Å². The fraction of sp³-hybridized carbons (Fsp3) is 0.455. The first-order valence-corrected chi connectivity index (χ1v) is 6.08. The second-order valence-corrected chi connectivity index (χ2v) is 5.05. The Morgan fingerprint density at radius 2 is 2.44 bits per heavy atom. The van der Waals surface area contributed by atoms with Crippen molar-refractivity contribution in [2.45, 2.75) is 25.0 Å². The fourth-order valence-corrected chi connectivity index (χ4v) is 2.72. The zero-order valence-corrected chi connectivity index (χ0v) is 10.2. The van der Waals surface area contributed by atoms with Gasteiger partial charge in [-0.25, -0.2) is 0 Å². The van der Waals surface area contributed by atoms with Gasteiger partial charge in [0, 0.05) is 21.9 Å². The molecule has 1 aromatic rings. The third-order valence-corrected chi connectivity index (χ3v) is 3.51. The number of nitrogens with zero attached hydrogens (tertiary/aromatic N) is 1. The van der Waals surface area contributed by atoms with Crippen LogP contribution in [0.2, 0.25) is 0 Å². The number of ether oxygens (including phenoxy) is 1. The Balaban J connectivity index is 1.99. The Morgan fingerprint density at radius 3 is 3.31 bits per heavy atom. The monoisotopic (exact) mass is 282 g/mol. The van der Waals surface area contributed by atoms with E-state index in [4.69, 9.17) is 4.74 Å². The summed E-state index contributed by atoms with van der Waals surface area (Å²) in [5.41, 5.74) is 2.19. The third kappa shape index (κ3) is 1.64. The topological polar surface area (TPSA) is 51.2 Å². The first kappa shape index (κ1) is 10.2. The van der Waals surface area contributed by atoms with E-state index in [-0.39, 0.29) is 24.7 Å². The SMILES string of the molecule is O=C1CO[C@@H]2c3cc(Br)cnc3CC[C@@H]2N1. The first-order chi connectivity index (χ1) is 7.74. The van der Waals surface area contributed by atoms with Crippen molar-refractivity contribution in [3.8, 4) is 0 Å². The smallest absolute Gasteiger partial charge is 0.246 e. The van der Waals surface area contributed by atoms with Crippen LogP contribution in [0.4, 0.5) is 0 Å². The maximum atomic E-state index is 11.2. The van der Waals surface area contributed by atoms with Crippen molar-refractivity contribution in [3.63, 3.8) is 0 Å². The molecule has 4 nitrogen and oxygen atoms in total. The summed E-state index contributed by atoms with van der Waals surface area (Å²) in [4.78, 5) is 15.6. The standard InChI is InChI=1S/C11H11BrN2O2/c12-6-3-7-8(13-4-6)1-2-9-11(7)16-5-10(15)14-9/h3-4,9,11H,1-2,5H2,(H,14,15)/t9-,11+/m0/s1. The predicted octanol–water partition coefficient (Wildman–Crippen LogP) is 1.35. The largest absolute Gasteiger partial charge is 0.361 e. The van der Waals surface area contributed by atoms with Gasteiger partial charge in [0.1, 0.15) is 12.7 Å². The van der Waals surface area contributed by atoms with Crippen molar-refractivity contribution in [1.82, 2.24) is 10.3 Å². The van der Waals surface area contributed by atoms with Gasteiger partial charge in [0.15, 0.2) is 0 Å². The van der Waals surface area contributed by atoms with Crippen LogP contribution in [0.3, 0.4) is 0 Å². The molecule has 5 heteroatoms. The van der Waals surface area contributed by atoms with Crippen LogP contribution in [0.1, 0.15) is 23.8 Å². The van der Waals surface area contributed by atoms with E-state index in [1.54, 1.807) is 6.20 Å². The van der Waals surface area contributed by atoms with Crippen LogP contribution in [0.15, 0.2) is 16.7 Å². The Labute approximate surface area is 102 Å². The van der Waals surface area contributed by atoms with E-state index in [9.17, 15) is 4.79 Å². The second kappa shape index (κ2) is 3.82. The molecule has 84 valence electrons. The molecule has 1 aliphatic carbocycles. The van der Waals surface area contributed by atoms with Crippen molar-refractivity contribution in [2.75, 3.05) is 6.61 Å². The summed E-state index contributed by atoms with van der Waals surface area (Å²) in [6, 6.07) is 2.14. The van der Waals surface area contributed by atoms with Crippen LogP contribution in [-0.2, 0) is 16.0 Å². The fourth-order valence-electron chi connectivity index (χ4n) is 2.37. The molecule has 2 heterocycles. The van der Waals surface area contributed by atoms with E-state index >= 15 is 0 Å². The minimum absolute atomic E-state index is 0.0207. The molecule has 16 heavy (non-hydrogen) atoms. The van der Waals surface area contributed by atoms with Crippen molar-refractivity contribution in [2.24, 2.45) is 0 Å². The molecule has 1 N–H and O–H groups in total. The summed E-state index contributed by atoms with van der Waals surface area (Å²) in [7, 11) is 0. The molecule has 2 atom stereocenters.